The van der Waals surface area contributed by atoms with Crippen LogP contribution in [0, 0.1) is 0 Å². The first-order valence-corrected chi connectivity index (χ1v) is 11.1. The molecule has 3 rings (SSSR count). The van der Waals surface area contributed by atoms with Crippen molar-refractivity contribution in [2.75, 3.05) is 23.9 Å². The number of fused-ring (bicyclic) bond motifs is 1. The van der Waals surface area contributed by atoms with Crippen LogP contribution >= 0.6 is 31.9 Å². The van der Waals surface area contributed by atoms with Crippen molar-refractivity contribution in [3.05, 3.63) is 52.9 Å². The number of rotatable bonds is 9. The maximum atomic E-state index is 12.9. The Labute approximate surface area is 179 Å². The second kappa shape index (κ2) is 9.98. The zero-order valence-corrected chi connectivity index (χ0v) is 18.3. The Morgan fingerprint density at radius 1 is 0.929 bits per heavy atom. The van der Waals surface area contributed by atoms with Crippen molar-refractivity contribution >= 4 is 42.8 Å². The Bertz CT molecular complexity index is 982. The number of alkyl halides is 2. The van der Waals surface area contributed by atoms with Gasteiger partial charge in [-0.2, -0.15) is 0 Å². The molecule has 0 aliphatic carbocycles. The van der Waals surface area contributed by atoms with Gasteiger partial charge in [0.2, 0.25) is 5.43 Å². The molecule has 28 heavy (non-hydrogen) atoms. The average Bonchev–Trinajstić information content (AvgIpc) is 2.69. The normalized spacial score (nSPS) is 10.9. The van der Waals surface area contributed by atoms with Crippen LogP contribution in [-0.2, 0) is 0 Å². The van der Waals surface area contributed by atoms with E-state index < -0.39 is 0 Å². The monoisotopic (exact) mass is 510 g/mol. The van der Waals surface area contributed by atoms with Gasteiger partial charge in [-0.15, -0.1) is 0 Å². The lowest BCUT2D eigenvalue weighted by Crippen LogP contribution is -2.06. The number of ether oxygens (including phenoxy) is 2. The van der Waals surface area contributed by atoms with Gasteiger partial charge in [0, 0.05) is 22.8 Å². The number of halogens is 2. The van der Waals surface area contributed by atoms with E-state index in [0.717, 1.165) is 29.3 Å². The van der Waals surface area contributed by atoms with Gasteiger partial charge in [-0.1, -0.05) is 44.0 Å². The fraction of sp³-hybridized carbons (Fsp3) is 0.286. The fourth-order valence-corrected chi connectivity index (χ4v) is 3.17. The molecule has 0 aliphatic heterocycles. The van der Waals surface area contributed by atoms with Crippen molar-refractivity contribution in [1.29, 1.82) is 0 Å². The minimum atomic E-state index is -0.293. The Hall–Kier alpha value is -1.99. The zero-order valence-electron chi connectivity index (χ0n) is 15.1. The molecule has 7 heteroatoms. The summed E-state index contributed by atoms with van der Waals surface area (Å²) in [7, 11) is 0. The average molecular weight is 512 g/mol. The number of aromatic hydroxyl groups is 1. The van der Waals surface area contributed by atoms with E-state index in [-0.39, 0.29) is 22.1 Å². The van der Waals surface area contributed by atoms with Crippen molar-refractivity contribution in [3.63, 3.8) is 0 Å². The highest BCUT2D eigenvalue weighted by Crippen LogP contribution is 2.30. The summed E-state index contributed by atoms with van der Waals surface area (Å²) in [5.41, 5.74) is 1.07. The van der Waals surface area contributed by atoms with E-state index in [1.165, 1.54) is 12.3 Å². The first-order valence-electron chi connectivity index (χ1n) is 8.90. The molecule has 0 aliphatic rings. The van der Waals surface area contributed by atoms with Crippen LogP contribution in [0.2, 0.25) is 0 Å². The molecule has 1 N–H and O–H groups in total. The molecule has 1 aromatic heterocycles. The van der Waals surface area contributed by atoms with Crippen LogP contribution < -0.4 is 14.9 Å². The molecule has 0 saturated carbocycles. The van der Waals surface area contributed by atoms with Gasteiger partial charge in [0.1, 0.15) is 34.5 Å². The second-order valence-electron chi connectivity index (χ2n) is 6.10. The third kappa shape index (κ3) is 4.89. The summed E-state index contributed by atoms with van der Waals surface area (Å²) in [6.45, 7) is 1.12. The number of hydrogen-bond acceptors (Lipinski definition) is 5. The summed E-state index contributed by atoms with van der Waals surface area (Å²) in [5.74, 6) is 1.05. The van der Waals surface area contributed by atoms with Crippen LogP contribution in [0.15, 0.2) is 51.9 Å². The smallest absolute Gasteiger partial charge is 0.204 e. The van der Waals surface area contributed by atoms with Gasteiger partial charge in [-0.05, 0) is 30.5 Å². The van der Waals surface area contributed by atoms with Crippen molar-refractivity contribution in [3.8, 4) is 28.4 Å². The molecule has 5 nitrogen and oxygen atoms in total. The third-order valence-electron chi connectivity index (χ3n) is 4.09. The van der Waals surface area contributed by atoms with Gasteiger partial charge in [0.05, 0.1) is 18.8 Å². The van der Waals surface area contributed by atoms with E-state index in [2.05, 4.69) is 31.9 Å². The van der Waals surface area contributed by atoms with Crippen LogP contribution in [0.25, 0.3) is 22.1 Å². The summed E-state index contributed by atoms with van der Waals surface area (Å²) < 4.78 is 16.8. The minimum Gasteiger partial charge on any atom is -0.507 e. The molecule has 1 heterocycles. The van der Waals surface area contributed by atoms with Crippen LogP contribution in [0.5, 0.6) is 17.2 Å². The van der Waals surface area contributed by atoms with Crippen LogP contribution in [0.4, 0.5) is 0 Å². The molecule has 0 amide bonds. The Morgan fingerprint density at radius 2 is 1.57 bits per heavy atom. The van der Waals surface area contributed by atoms with E-state index in [1.807, 2.05) is 12.1 Å². The van der Waals surface area contributed by atoms with E-state index >= 15 is 0 Å². The van der Waals surface area contributed by atoms with Gasteiger partial charge in [-0.25, -0.2) is 0 Å². The molecule has 3 aromatic rings. The molecule has 0 unspecified atom stereocenters. The Balaban J connectivity index is 1.88. The van der Waals surface area contributed by atoms with E-state index in [4.69, 9.17) is 13.9 Å². The maximum absolute atomic E-state index is 12.9. The van der Waals surface area contributed by atoms with Crippen molar-refractivity contribution in [2.24, 2.45) is 0 Å². The predicted molar refractivity (Wildman–Crippen MR) is 117 cm³/mol. The maximum Gasteiger partial charge on any atom is 0.204 e. The molecule has 0 atom stereocenters. The molecule has 0 bridgehead atoms. The van der Waals surface area contributed by atoms with Gasteiger partial charge >= 0.3 is 0 Å². The number of hydrogen-bond donors (Lipinski definition) is 1. The summed E-state index contributed by atoms with van der Waals surface area (Å²) in [6, 6.07) is 10.3. The van der Waals surface area contributed by atoms with Gasteiger partial charge in [0.25, 0.3) is 0 Å². The third-order valence-corrected chi connectivity index (χ3v) is 5.21. The quantitative estimate of drug-likeness (QED) is 0.303. The van der Waals surface area contributed by atoms with Crippen molar-refractivity contribution in [2.45, 2.75) is 12.8 Å². The van der Waals surface area contributed by atoms with Crippen molar-refractivity contribution in [1.82, 2.24) is 0 Å². The molecule has 0 fully saturated rings. The molecule has 0 spiro atoms. The molecule has 0 saturated heterocycles. The lowest BCUT2D eigenvalue weighted by atomic mass is 10.0. The van der Waals surface area contributed by atoms with E-state index in [0.29, 0.717) is 30.1 Å². The molecule has 2 aromatic carbocycles. The van der Waals surface area contributed by atoms with Crippen molar-refractivity contribution < 1.29 is 19.0 Å². The lowest BCUT2D eigenvalue weighted by Gasteiger charge is -2.09. The first-order chi connectivity index (χ1) is 13.6. The molecule has 148 valence electrons. The van der Waals surface area contributed by atoms with Crippen LogP contribution in [0.1, 0.15) is 12.8 Å². The van der Waals surface area contributed by atoms with Gasteiger partial charge in [0.15, 0.2) is 0 Å². The summed E-state index contributed by atoms with van der Waals surface area (Å²) in [6.07, 6.45) is 3.15. The first kappa shape index (κ1) is 20.7. The predicted octanol–water partition coefficient (Wildman–Crippen LogP) is 5.49. The van der Waals surface area contributed by atoms with Gasteiger partial charge < -0.3 is 19.0 Å². The topological polar surface area (TPSA) is 68.9 Å². The lowest BCUT2D eigenvalue weighted by molar-refractivity contribution is 0.317. The summed E-state index contributed by atoms with van der Waals surface area (Å²) in [4.78, 5) is 12.9. The summed E-state index contributed by atoms with van der Waals surface area (Å²) in [5, 5.41) is 12.2. The molecular formula is C21H20Br2O5. The fourth-order valence-electron chi connectivity index (χ4n) is 2.71. The number of benzene rings is 2. The highest BCUT2D eigenvalue weighted by atomic mass is 79.9. The zero-order chi connectivity index (χ0) is 19.9. The van der Waals surface area contributed by atoms with Gasteiger partial charge in [-0.3, -0.25) is 4.79 Å². The van der Waals surface area contributed by atoms with E-state index in [1.54, 1.807) is 18.2 Å². The minimum absolute atomic E-state index is 0.142. The van der Waals surface area contributed by atoms with Crippen LogP contribution in [-0.4, -0.2) is 29.0 Å². The highest BCUT2D eigenvalue weighted by Gasteiger charge is 2.14. The standard InChI is InChI=1S/C21H20Br2O5/c22-7-1-9-26-15-5-3-14(4-6-15)17-13-28-19-12-16(27-10-2-8-23)11-18(24)20(19)21(17)25/h3-6,11-13,24H,1-2,7-10H2. The Kier molecular flexibility index (Phi) is 7.39. The van der Waals surface area contributed by atoms with E-state index in [9.17, 15) is 9.90 Å². The van der Waals surface area contributed by atoms with Crippen LogP contribution in [0.3, 0.4) is 0 Å². The SMILES string of the molecule is O=c1c(-c2ccc(OCCCBr)cc2)coc2cc(OCCCBr)cc(O)c12. The number of phenols is 1. The molecule has 0 radical (unpaired) electrons. The summed E-state index contributed by atoms with van der Waals surface area (Å²) >= 11 is 6.70. The highest BCUT2D eigenvalue weighted by molar-refractivity contribution is 9.09. The Morgan fingerprint density at radius 3 is 2.21 bits per heavy atom. The number of phenolic OH excluding ortho intramolecular Hbond substituents is 1. The second-order valence-corrected chi connectivity index (χ2v) is 7.69. The largest absolute Gasteiger partial charge is 0.507 e. The molecular weight excluding hydrogens is 492 g/mol.